The summed E-state index contributed by atoms with van der Waals surface area (Å²) in [5.74, 6) is 1.67. The second-order valence-electron chi connectivity index (χ2n) is 6.42. The van der Waals surface area contributed by atoms with Crippen molar-refractivity contribution in [3.05, 3.63) is 39.4 Å². The maximum atomic E-state index is 6.21. The van der Waals surface area contributed by atoms with Gasteiger partial charge in [0.2, 0.25) is 0 Å². The van der Waals surface area contributed by atoms with Crippen molar-refractivity contribution in [2.75, 3.05) is 4.90 Å². The fourth-order valence-electron chi connectivity index (χ4n) is 1.99. The summed E-state index contributed by atoms with van der Waals surface area (Å²) in [6, 6.07) is 6.41. The van der Waals surface area contributed by atoms with Gasteiger partial charge in [0.25, 0.3) is 0 Å². The van der Waals surface area contributed by atoms with Gasteiger partial charge in [-0.15, -0.1) is 11.3 Å². The molecule has 0 N–H and O–H groups in total. The standard InChI is InChI=1S/C16H22ClN3S/c1-11(2)20(10-12-7-6-8-21-12)14-9-13(17)18-15(19-14)16(3,4)5/h6-9,11H,10H2,1-5H3. The van der Waals surface area contributed by atoms with E-state index in [1.165, 1.54) is 4.88 Å². The largest absolute Gasteiger partial charge is 0.349 e. The average molecular weight is 324 g/mol. The van der Waals surface area contributed by atoms with Crippen LogP contribution in [0.5, 0.6) is 0 Å². The van der Waals surface area contributed by atoms with E-state index in [9.17, 15) is 0 Å². The minimum Gasteiger partial charge on any atom is -0.349 e. The monoisotopic (exact) mass is 323 g/mol. The van der Waals surface area contributed by atoms with E-state index in [0.717, 1.165) is 18.2 Å². The Morgan fingerprint density at radius 1 is 1.29 bits per heavy atom. The number of hydrogen-bond acceptors (Lipinski definition) is 4. The Labute approximate surface area is 136 Å². The molecule has 0 unspecified atom stereocenters. The maximum absolute atomic E-state index is 6.21. The third kappa shape index (κ3) is 4.17. The van der Waals surface area contributed by atoms with Crippen molar-refractivity contribution in [1.29, 1.82) is 0 Å². The van der Waals surface area contributed by atoms with E-state index in [0.29, 0.717) is 11.2 Å². The van der Waals surface area contributed by atoms with E-state index in [4.69, 9.17) is 16.6 Å². The second-order valence-corrected chi connectivity index (χ2v) is 7.84. The quantitative estimate of drug-likeness (QED) is 0.749. The predicted octanol–water partition coefficient (Wildman–Crippen LogP) is 4.90. The lowest BCUT2D eigenvalue weighted by molar-refractivity contribution is 0.541. The molecule has 0 atom stereocenters. The van der Waals surface area contributed by atoms with E-state index in [1.54, 1.807) is 11.3 Å². The van der Waals surface area contributed by atoms with E-state index in [-0.39, 0.29) is 5.41 Å². The average Bonchev–Trinajstić information content (AvgIpc) is 2.86. The molecule has 2 aromatic rings. The van der Waals surface area contributed by atoms with Crippen molar-refractivity contribution in [3.63, 3.8) is 0 Å². The van der Waals surface area contributed by atoms with Crippen molar-refractivity contribution in [1.82, 2.24) is 9.97 Å². The molecule has 0 radical (unpaired) electrons. The van der Waals surface area contributed by atoms with E-state index in [1.807, 2.05) is 6.07 Å². The van der Waals surface area contributed by atoms with Crippen LogP contribution in [0.2, 0.25) is 5.15 Å². The Bertz CT molecular complexity index is 588. The third-order valence-electron chi connectivity index (χ3n) is 3.18. The molecule has 5 heteroatoms. The summed E-state index contributed by atoms with van der Waals surface area (Å²) in [6.07, 6.45) is 0. The highest BCUT2D eigenvalue weighted by Crippen LogP contribution is 2.26. The number of aromatic nitrogens is 2. The van der Waals surface area contributed by atoms with Gasteiger partial charge >= 0.3 is 0 Å². The van der Waals surface area contributed by atoms with Gasteiger partial charge < -0.3 is 4.90 Å². The Hall–Kier alpha value is -1.13. The van der Waals surface area contributed by atoms with Crippen LogP contribution in [0, 0.1) is 0 Å². The lowest BCUT2D eigenvalue weighted by Gasteiger charge is -2.29. The van der Waals surface area contributed by atoms with Gasteiger partial charge in [-0.05, 0) is 25.3 Å². The van der Waals surface area contributed by atoms with Crippen LogP contribution in [-0.4, -0.2) is 16.0 Å². The van der Waals surface area contributed by atoms with Gasteiger partial charge in [-0.3, -0.25) is 0 Å². The summed E-state index contributed by atoms with van der Waals surface area (Å²) in [5.41, 5.74) is -0.120. The van der Waals surface area contributed by atoms with Crippen LogP contribution in [0.3, 0.4) is 0 Å². The molecule has 0 saturated carbocycles. The zero-order valence-electron chi connectivity index (χ0n) is 13.2. The summed E-state index contributed by atoms with van der Waals surface area (Å²) >= 11 is 7.97. The van der Waals surface area contributed by atoms with Gasteiger partial charge in [0.05, 0.1) is 6.54 Å². The number of halogens is 1. The van der Waals surface area contributed by atoms with E-state index < -0.39 is 0 Å². The van der Waals surface area contributed by atoms with Gasteiger partial charge in [0.15, 0.2) is 0 Å². The van der Waals surface area contributed by atoms with Gasteiger partial charge in [-0.2, -0.15) is 0 Å². The molecule has 0 aliphatic rings. The highest BCUT2D eigenvalue weighted by Gasteiger charge is 2.21. The minimum absolute atomic E-state index is 0.120. The van der Waals surface area contributed by atoms with Crippen LogP contribution in [-0.2, 0) is 12.0 Å². The van der Waals surface area contributed by atoms with Gasteiger partial charge in [0, 0.05) is 22.4 Å². The molecule has 0 saturated heterocycles. The zero-order valence-corrected chi connectivity index (χ0v) is 14.8. The van der Waals surface area contributed by atoms with E-state index >= 15 is 0 Å². The first kappa shape index (κ1) is 16.2. The number of nitrogens with zero attached hydrogens (tertiary/aromatic N) is 3. The molecular weight excluding hydrogens is 302 g/mol. The zero-order chi connectivity index (χ0) is 15.6. The molecule has 2 heterocycles. The lowest BCUT2D eigenvalue weighted by atomic mass is 9.96. The van der Waals surface area contributed by atoms with Crippen molar-refractivity contribution in [3.8, 4) is 0 Å². The van der Waals surface area contributed by atoms with Crippen molar-refractivity contribution in [2.45, 2.75) is 52.6 Å². The first-order valence-corrected chi connectivity index (χ1v) is 8.37. The summed E-state index contributed by atoms with van der Waals surface area (Å²) in [6.45, 7) is 11.5. The number of anilines is 1. The Morgan fingerprint density at radius 3 is 2.52 bits per heavy atom. The fourth-order valence-corrected chi connectivity index (χ4v) is 2.87. The molecule has 0 aliphatic carbocycles. The lowest BCUT2D eigenvalue weighted by Crippen LogP contribution is -2.31. The van der Waals surface area contributed by atoms with Gasteiger partial charge in [-0.1, -0.05) is 38.4 Å². The minimum atomic E-state index is -0.120. The van der Waals surface area contributed by atoms with Crippen molar-refractivity contribution < 1.29 is 0 Å². The molecule has 114 valence electrons. The van der Waals surface area contributed by atoms with Crippen LogP contribution < -0.4 is 4.90 Å². The first-order valence-electron chi connectivity index (χ1n) is 7.11. The predicted molar refractivity (Wildman–Crippen MR) is 91.4 cm³/mol. The summed E-state index contributed by atoms with van der Waals surface area (Å²) < 4.78 is 0. The van der Waals surface area contributed by atoms with Crippen LogP contribution in [0.1, 0.15) is 45.3 Å². The smallest absolute Gasteiger partial charge is 0.137 e. The molecule has 0 aliphatic heterocycles. The van der Waals surface area contributed by atoms with Crippen LogP contribution >= 0.6 is 22.9 Å². The van der Waals surface area contributed by atoms with E-state index in [2.05, 4.69) is 62.0 Å². The molecule has 3 nitrogen and oxygen atoms in total. The third-order valence-corrected chi connectivity index (χ3v) is 4.23. The Balaban J connectivity index is 2.38. The van der Waals surface area contributed by atoms with Gasteiger partial charge in [-0.25, -0.2) is 9.97 Å². The van der Waals surface area contributed by atoms with Crippen LogP contribution in [0.25, 0.3) is 0 Å². The normalized spacial score (nSPS) is 12.0. The molecule has 0 fully saturated rings. The second kappa shape index (κ2) is 6.32. The maximum Gasteiger partial charge on any atom is 0.137 e. The topological polar surface area (TPSA) is 29.0 Å². The summed E-state index contributed by atoms with van der Waals surface area (Å²) in [5, 5.41) is 2.60. The Kier molecular flexibility index (Phi) is 4.89. The SMILES string of the molecule is CC(C)N(Cc1cccs1)c1cc(Cl)nc(C(C)(C)C)n1. The number of rotatable bonds is 4. The molecule has 2 rings (SSSR count). The molecule has 0 spiro atoms. The fraction of sp³-hybridized carbons (Fsp3) is 0.500. The summed E-state index contributed by atoms with van der Waals surface area (Å²) in [7, 11) is 0. The van der Waals surface area contributed by atoms with Crippen LogP contribution in [0.15, 0.2) is 23.6 Å². The van der Waals surface area contributed by atoms with Crippen molar-refractivity contribution in [2.24, 2.45) is 0 Å². The molecular formula is C16H22ClN3S. The molecule has 21 heavy (non-hydrogen) atoms. The molecule has 0 aromatic carbocycles. The summed E-state index contributed by atoms with van der Waals surface area (Å²) in [4.78, 5) is 12.7. The number of thiophene rings is 1. The highest BCUT2D eigenvalue weighted by molar-refractivity contribution is 7.09. The Morgan fingerprint density at radius 2 is 2.00 bits per heavy atom. The van der Waals surface area contributed by atoms with Crippen molar-refractivity contribution >= 4 is 28.8 Å². The molecule has 0 amide bonds. The highest BCUT2D eigenvalue weighted by atomic mass is 35.5. The first-order chi connectivity index (χ1) is 9.77. The molecule has 0 bridgehead atoms. The van der Waals surface area contributed by atoms with Crippen LogP contribution in [0.4, 0.5) is 5.82 Å². The molecule has 2 aromatic heterocycles. The number of hydrogen-bond donors (Lipinski definition) is 0. The van der Waals surface area contributed by atoms with Gasteiger partial charge in [0.1, 0.15) is 16.8 Å².